The van der Waals surface area contributed by atoms with Crippen LogP contribution in [0.2, 0.25) is 0 Å². The van der Waals surface area contributed by atoms with Crippen LogP contribution in [-0.4, -0.2) is 36.3 Å². The van der Waals surface area contributed by atoms with Crippen molar-refractivity contribution in [3.63, 3.8) is 0 Å². The highest BCUT2D eigenvalue weighted by Gasteiger charge is 2.37. The first-order chi connectivity index (χ1) is 11.3. The van der Waals surface area contributed by atoms with Crippen LogP contribution in [0.1, 0.15) is 43.2 Å². The summed E-state index contributed by atoms with van der Waals surface area (Å²) in [5.74, 6) is -1.10. The van der Waals surface area contributed by atoms with Gasteiger partial charge < -0.3 is 10.2 Å². The lowest BCUT2D eigenvalue weighted by Crippen LogP contribution is -2.45. The molecule has 1 aliphatic rings. The number of nitrogens with zero attached hydrogens (tertiary/aromatic N) is 1. The molecule has 132 valence electrons. The van der Waals surface area contributed by atoms with Gasteiger partial charge in [0.2, 0.25) is 11.8 Å². The summed E-state index contributed by atoms with van der Waals surface area (Å²) in [5, 5.41) is 2.52. The smallest absolute Gasteiger partial charge is 0.357 e. The van der Waals surface area contributed by atoms with Gasteiger partial charge in [0.15, 0.2) is 0 Å². The van der Waals surface area contributed by atoms with Gasteiger partial charge in [-0.3, -0.25) is 9.59 Å². The second-order valence-corrected chi connectivity index (χ2v) is 6.05. The number of alkyl halides is 3. The van der Waals surface area contributed by atoms with Gasteiger partial charge >= 0.3 is 6.18 Å². The Kier molecular flexibility index (Phi) is 5.51. The molecular weight excluding hydrogens is 321 g/mol. The van der Waals surface area contributed by atoms with Crippen LogP contribution in [0, 0.1) is 0 Å². The number of rotatable bonds is 4. The normalized spacial score (nSPS) is 19.2. The van der Waals surface area contributed by atoms with Crippen molar-refractivity contribution in [1.29, 1.82) is 0 Å². The topological polar surface area (TPSA) is 49.4 Å². The molecule has 2 atom stereocenters. The van der Waals surface area contributed by atoms with Crippen molar-refractivity contribution >= 4 is 11.8 Å². The molecule has 0 spiro atoms. The Morgan fingerprint density at radius 3 is 2.62 bits per heavy atom. The highest BCUT2D eigenvalue weighted by atomic mass is 19.4. The van der Waals surface area contributed by atoms with Gasteiger partial charge in [-0.05, 0) is 30.4 Å². The molecular formula is C17H21F3N2O2. The van der Waals surface area contributed by atoms with Crippen LogP contribution in [0.5, 0.6) is 0 Å². The number of hydrogen-bond donors (Lipinski definition) is 1. The van der Waals surface area contributed by atoms with Crippen molar-refractivity contribution in [3.8, 4) is 0 Å². The zero-order valence-electron chi connectivity index (χ0n) is 13.7. The molecule has 1 aromatic rings. The molecule has 1 saturated heterocycles. The van der Waals surface area contributed by atoms with Crippen molar-refractivity contribution in [3.05, 3.63) is 35.4 Å². The zero-order chi connectivity index (χ0) is 17.9. The third-order valence-electron chi connectivity index (χ3n) is 4.40. The molecule has 1 heterocycles. The third-order valence-corrected chi connectivity index (χ3v) is 4.40. The fourth-order valence-electron chi connectivity index (χ4n) is 3.18. The van der Waals surface area contributed by atoms with Gasteiger partial charge in [0.05, 0.1) is 5.56 Å². The van der Waals surface area contributed by atoms with Crippen LogP contribution in [0.4, 0.5) is 13.2 Å². The molecule has 1 N–H and O–H groups in total. The molecule has 0 aromatic heterocycles. The molecule has 0 saturated carbocycles. The van der Waals surface area contributed by atoms with E-state index >= 15 is 0 Å². The Morgan fingerprint density at radius 1 is 1.33 bits per heavy atom. The van der Waals surface area contributed by atoms with Crippen molar-refractivity contribution in [1.82, 2.24) is 10.2 Å². The maximum absolute atomic E-state index is 13.1. The maximum atomic E-state index is 13.1. The van der Waals surface area contributed by atoms with Gasteiger partial charge in [-0.2, -0.15) is 13.2 Å². The maximum Gasteiger partial charge on any atom is 0.416 e. The Morgan fingerprint density at radius 2 is 2.00 bits per heavy atom. The van der Waals surface area contributed by atoms with E-state index in [1.165, 1.54) is 30.1 Å². The van der Waals surface area contributed by atoms with Crippen LogP contribution >= 0.6 is 0 Å². The number of carbonyl (C=O) groups excluding carboxylic acids is 2. The molecule has 2 amide bonds. The fourth-order valence-corrected chi connectivity index (χ4v) is 3.18. The predicted molar refractivity (Wildman–Crippen MR) is 83.3 cm³/mol. The van der Waals surface area contributed by atoms with Crippen LogP contribution in [-0.2, 0) is 15.8 Å². The largest absolute Gasteiger partial charge is 0.416 e. The number of carbonyl (C=O) groups is 2. The van der Waals surface area contributed by atoms with Gasteiger partial charge in [0.25, 0.3) is 0 Å². The minimum atomic E-state index is -4.45. The first-order valence-corrected chi connectivity index (χ1v) is 7.93. The molecule has 1 fully saturated rings. The van der Waals surface area contributed by atoms with Crippen LogP contribution in [0.3, 0.4) is 0 Å². The van der Waals surface area contributed by atoms with Crippen LogP contribution in [0.25, 0.3) is 0 Å². The fraction of sp³-hybridized carbons (Fsp3) is 0.529. The van der Waals surface area contributed by atoms with E-state index in [0.29, 0.717) is 13.0 Å². The lowest BCUT2D eigenvalue weighted by Gasteiger charge is -2.25. The monoisotopic (exact) mass is 342 g/mol. The van der Waals surface area contributed by atoms with E-state index in [1.54, 1.807) is 6.92 Å². The van der Waals surface area contributed by atoms with Crippen LogP contribution < -0.4 is 5.32 Å². The molecule has 4 nitrogen and oxygen atoms in total. The van der Waals surface area contributed by atoms with Crippen molar-refractivity contribution < 1.29 is 22.8 Å². The highest BCUT2D eigenvalue weighted by molar-refractivity contribution is 5.88. The summed E-state index contributed by atoms with van der Waals surface area (Å²) in [6, 6.07) is 4.78. The number of halogens is 3. The molecule has 24 heavy (non-hydrogen) atoms. The Labute approximate surface area is 139 Å². The van der Waals surface area contributed by atoms with Crippen molar-refractivity contribution in [2.75, 3.05) is 13.6 Å². The summed E-state index contributed by atoms with van der Waals surface area (Å²) in [6.45, 7) is 2.07. The minimum absolute atomic E-state index is 0.0550. The Hall–Kier alpha value is -2.05. The predicted octanol–water partition coefficient (Wildman–Crippen LogP) is 2.94. The molecule has 0 unspecified atom stereocenters. The first kappa shape index (κ1) is 18.3. The highest BCUT2D eigenvalue weighted by Crippen LogP contribution is 2.36. The van der Waals surface area contributed by atoms with Gasteiger partial charge in [0.1, 0.15) is 6.04 Å². The summed E-state index contributed by atoms with van der Waals surface area (Å²) in [6.07, 6.45) is -3.21. The van der Waals surface area contributed by atoms with E-state index in [1.807, 2.05) is 0 Å². The summed E-state index contributed by atoms with van der Waals surface area (Å²) >= 11 is 0. The van der Waals surface area contributed by atoms with E-state index in [-0.39, 0.29) is 23.8 Å². The Balaban J connectivity index is 2.14. The molecule has 0 aliphatic carbocycles. The molecule has 2 rings (SSSR count). The van der Waals surface area contributed by atoms with Crippen LogP contribution in [0.15, 0.2) is 24.3 Å². The van der Waals surface area contributed by atoms with Crippen molar-refractivity contribution in [2.24, 2.45) is 0 Å². The quantitative estimate of drug-likeness (QED) is 0.915. The average molecular weight is 342 g/mol. The number of amides is 2. The number of benzene rings is 1. The molecule has 7 heteroatoms. The van der Waals surface area contributed by atoms with Gasteiger partial charge in [-0.15, -0.1) is 0 Å². The number of likely N-dealkylation sites (N-methyl/N-ethyl adjacent to an activating group) is 1. The molecule has 0 radical (unpaired) electrons. The second-order valence-electron chi connectivity index (χ2n) is 6.05. The van der Waals surface area contributed by atoms with E-state index in [0.717, 1.165) is 12.5 Å². The Bertz CT molecular complexity index is 616. The number of nitrogens with one attached hydrogen (secondary N) is 1. The number of likely N-dealkylation sites (tertiary alicyclic amines) is 1. The second kappa shape index (κ2) is 7.23. The van der Waals surface area contributed by atoms with E-state index in [9.17, 15) is 22.8 Å². The summed E-state index contributed by atoms with van der Waals surface area (Å²) < 4.78 is 39.3. The molecule has 0 bridgehead atoms. The summed E-state index contributed by atoms with van der Waals surface area (Å²) in [5.41, 5.74) is -0.608. The van der Waals surface area contributed by atoms with E-state index < -0.39 is 23.7 Å². The van der Waals surface area contributed by atoms with Crippen molar-refractivity contribution in [2.45, 2.75) is 44.3 Å². The first-order valence-electron chi connectivity index (χ1n) is 7.93. The van der Waals surface area contributed by atoms with Gasteiger partial charge in [-0.25, -0.2) is 0 Å². The lowest BCUT2D eigenvalue weighted by atomic mass is 9.92. The minimum Gasteiger partial charge on any atom is -0.357 e. The summed E-state index contributed by atoms with van der Waals surface area (Å²) in [4.78, 5) is 25.8. The number of hydrogen-bond acceptors (Lipinski definition) is 2. The average Bonchev–Trinajstić information content (AvgIpc) is 3.03. The third kappa shape index (κ3) is 3.88. The standard InChI is InChI=1S/C17H21F3N2O2/c1-11(12-6-3-4-7-13(12)17(18,19)20)10-15(23)22-9-5-8-14(22)16(24)21-2/h3-4,6-7,11,14H,5,8-10H2,1-2H3,(H,21,24)/t11-,14+/m0/s1. The summed E-state index contributed by atoms with van der Waals surface area (Å²) in [7, 11) is 1.51. The van der Waals surface area contributed by atoms with Gasteiger partial charge in [-0.1, -0.05) is 25.1 Å². The molecule has 1 aromatic carbocycles. The molecule has 1 aliphatic heterocycles. The van der Waals surface area contributed by atoms with E-state index in [4.69, 9.17) is 0 Å². The zero-order valence-corrected chi connectivity index (χ0v) is 13.7. The van der Waals surface area contributed by atoms with Gasteiger partial charge in [0, 0.05) is 20.0 Å². The van der Waals surface area contributed by atoms with E-state index in [2.05, 4.69) is 5.32 Å². The lowest BCUT2D eigenvalue weighted by molar-refractivity contribution is -0.140. The SMILES string of the molecule is CNC(=O)[C@H]1CCCN1C(=O)C[C@H](C)c1ccccc1C(F)(F)F.